The van der Waals surface area contributed by atoms with Crippen LogP contribution in [0, 0.1) is 11.8 Å². The molecule has 0 spiro atoms. The van der Waals surface area contributed by atoms with E-state index < -0.39 is 0 Å². The van der Waals surface area contributed by atoms with Crippen molar-refractivity contribution in [1.82, 2.24) is 15.1 Å². The number of likely N-dealkylation sites (tertiary alicyclic amines) is 2. The van der Waals surface area contributed by atoms with E-state index in [0.717, 1.165) is 51.0 Å². The van der Waals surface area contributed by atoms with E-state index in [1.807, 2.05) is 0 Å². The molecular weight excluding hydrogens is 302 g/mol. The number of nitrogens with one attached hydrogen (secondary N) is 1. The number of nitrogens with two attached hydrogens (primary N) is 1. The largest absolute Gasteiger partial charge is 0.370 e. The maximum atomic E-state index is 11.2. The maximum absolute atomic E-state index is 11.2. The SMILES string of the molecule is CCNC(=NCC1CCN(C2CC2)C1)N1CCCC(CC(N)=O)C1. The minimum Gasteiger partial charge on any atom is -0.370 e. The Balaban J connectivity index is 1.53. The molecule has 1 saturated carbocycles. The van der Waals surface area contributed by atoms with Crippen molar-refractivity contribution in [2.24, 2.45) is 22.6 Å². The van der Waals surface area contributed by atoms with Crippen molar-refractivity contribution in [3.05, 3.63) is 0 Å². The maximum Gasteiger partial charge on any atom is 0.217 e. The number of hydrogen-bond donors (Lipinski definition) is 2. The van der Waals surface area contributed by atoms with E-state index in [1.165, 1.54) is 32.4 Å². The van der Waals surface area contributed by atoms with Gasteiger partial charge in [-0.15, -0.1) is 0 Å². The zero-order valence-electron chi connectivity index (χ0n) is 15.0. The fourth-order valence-corrected chi connectivity index (χ4v) is 4.13. The summed E-state index contributed by atoms with van der Waals surface area (Å²) in [4.78, 5) is 21.1. The van der Waals surface area contributed by atoms with Crippen molar-refractivity contribution < 1.29 is 4.79 Å². The highest BCUT2D eigenvalue weighted by atomic mass is 16.1. The van der Waals surface area contributed by atoms with E-state index in [2.05, 4.69) is 22.0 Å². The molecule has 3 fully saturated rings. The standard InChI is InChI=1S/C18H33N5O/c1-2-20-18(23-8-3-4-14(12-23)10-17(19)24)21-11-15-7-9-22(13-15)16-5-6-16/h14-16H,2-13H2,1H3,(H2,19,24)(H,20,21). The zero-order chi connectivity index (χ0) is 16.9. The van der Waals surface area contributed by atoms with E-state index in [4.69, 9.17) is 10.7 Å². The molecule has 2 atom stereocenters. The fourth-order valence-electron chi connectivity index (χ4n) is 4.13. The van der Waals surface area contributed by atoms with Crippen LogP contribution in [0.3, 0.4) is 0 Å². The van der Waals surface area contributed by atoms with Gasteiger partial charge in [-0.3, -0.25) is 9.79 Å². The molecule has 0 aromatic carbocycles. The average molecular weight is 335 g/mol. The number of aliphatic imine (C=N–C) groups is 1. The number of primary amides is 1. The fraction of sp³-hybridized carbons (Fsp3) is 0.889. The van der Waals surface area contributed by atoms with Crippen LogP contribution in [0.25, 0.3) is 0 Å². The zero-order valence-corrected chi connectivity index (χ0v) is 15.0. The van der Waals surface area contributed by atoms with Gasteiger partial charge in [-0.05, 0) is 57.4 Å². The van der Waals surface area contributed by atoms with Gasteiger partial charge in [0.05, 0.1) is 0 Å². The van der Waals surface area contributed by atoms with Crippen LogP contribution in [-0.4, -0.2) is 67.0 Å². The molecule has 3 rings (SSSR count). The summed E-state index contributed by atoms with van der Waals surface area (Å²) in [6.07, 6.45) is 6.78. The number of rotatable bonds is 6. The molecular formula is C18H33N5O. The van der Waals surface area contributed by atoms with Gasteiger partial charge in [0.15, 0.2) is 5.96 Å². The summed E-state index contributed by atoms with van der Waals surface area (Å²) < 4.78 is 0. The van der Waals surface area contributed by atoms with Gasteiger partial charge in [-0.25, -0.2) is 0 Å². The van der Waals surface area contributed by atoms with Gasteiger partial charge in [0.25, 0.3) is 0 Å². The summed E-state index contributed by atoms with van der Waals surface area (Å²) in [5.41, 5.74) is 5.38. The smallest absolute Gasteiger partial charge is 0.217 e. The van der Waals surface area contributed by atoms with E-state index in [0.29, 0.717) is 18.3 Å². The molecule has 1 amide bonds. The lowest BCUT2D eigenvalue weighted by Gasteiger charge is -2.34. The molecule has 0 radical (unpaired) electrons. The number of carbonyl (C=O) groups excluding carboxylic acids is 1. The molecule has 6 nitrogen and oxygen atoms in total. The van der Waals surface area contributed by atoms with Crippen molar-refractivity contribution in [1.29, 1.82) is 0 Å². The Bertz CT molecular complexity index is 462. The van der Waals surface area contributed by atoms with Crippen molar-refractivity contribution in [3.8, 4) is 0 Å². The van der Waals surface area contributed by atoms with E-state index in [9.17, 15) is 4.79 Å². The molecule has 24 heavy (non-hydrogen) atoms. The summed E-state index contributed by atoms with van der Waals surface area (Å²) in [6, 6.07) is 0.879. The van der Waals surface area contributed by atoms with E-state index in [-0.39, 0.29) is 5.91 Å². The third kappa shape index (κ3) is 4.85. The number of nitrogens with zero attached hydrogens (tertiary/aromatic N) is 3. The minimum absolute atomic E-state index is 0.185. The highest BCUT2D eigenvalue weighted by molar-refractivity contribution is 5.80. The topological polar surface area (TPSA) is 74.0 Å². The van der Waals surface area contributed by atoms with Gasteiger partial charge in [0.2, 0.25) is 5.91 Å². The molecule has 0 aromatic rings. The Morgan fingerprint density at radius 3 is 2.71 bits per heavy atom. The van der Waals surface area contributed by atoms with Crippen LogP contribution < -0.4 is 11.1 Å². The van der Waals surface area contributed by atoms with Crippen LogP contribution in [0.15, 0.2) is 4.99 Å². The molecule has 0 aromatic heterocycles. The van der Waals surface area contributed by atoms with Crippen LogP contribution >= 0.6 is 0 Å². The number of carbonyl (C=O) groups is 1. The van der Waals surface area contributed by atoms with Crippen LogP contribution in [0.4, 0.5) is 0 Å². The van der Waals surface area contributed by atoms with Gasteiger partial charge in [0, 0.05) is 45.2 Å². The van der Waals surface area contributed by atoms with Crippen molar-refractivity contribution in [2.45, 2.75) is 51.5 Å². The number of piperidine rings is 1. The first-order valence-corrected chi connectivity index (χ1v) is 9.71. The number of hydrogen-bond acceptors (Lipinski definition) is 3. The van der Waals surface area contributed by atoms with Crippen LogP contribution in [0.5, 0.6) is 0 Å². The first-order valence-electron chi connectivity index (χ1n) is 9.71. The predicted octanol–water partition coefficient (Wildman–Crippen LogP) is 1.02. The lowest BCUT2D eigenvalue weighted by molar-refractivity contribution is -0.119. The summed E-state index contributed by atoms with van der Waals surface area (Å²) >= 11 is 0. The summed E-state index contributed by atoms with van der Waals surface area (Å²) in [5.74, 6) is 1.91. The predicted molar refractivity (Wildman–Crippen MR) is 96.8 cm³/mol. The lowest BCUT2D eigenvalue weighted by Crippen LogP contribution is -2.47. The van der Waals surface area contributed by atoms with Gasteiger partial charge < -0.3 is 20.9 Å². The van der Waals surface area contributed by atoms with Crippen LogP contribution in [-0.2, 0) is 4.79 Å². The molecule has 2 saturated heterocycles. The Labute approximate surface area is 145 Å². The van der Waals surface area contributed by atoms with E-state index >= 15 is 0 Å². The number of guanidine groups is 1. The summed E-state index contributed by atoms with van der Waals surface area (Å²) in [6.45, 7) is 8.32. The van der Waals surface area contributed by atoms with Crippen molar-refractivity contribution in [2.75, 3.05) is 39.3 Å². The Kier molecular flexibility index (Phi) is 5.98. The molecule has 2 aliphatic heterocycles. The Morgan fingerprint density at radius 2 is 2.00 bits per heavy atom. The second kappa shape index (κ2) is 8.19. The molecule has 3 N–H and O–H groups in total. The molecule has 3 aliphatic rings. The number of amides is 1. The summed E-state index contributed by atoms with van der Waals surface area (Å²) in [7, 11) is 0. The van der Waals surface area contributed by atoms with Gasteiger partial charge in [-0.1, -0.05) is 0 Å². The monoisotopic (exact) mass is 335 g/mol. The third-order valence-electron chi connectivity index (χ3n) is 5.52. The quantitative estimate of drug-likeness (QED) is 0.561. The second-order valence-electron chi connectivity index (χ2n) is 7.70. The molecule has 136 valence electrons. The average Bonchev–Trinajstić information content (AvgIpc) is 3.30. The lowest BCUT2D eigenvalue weighted by atomic mass is 9.95. The Morgan fingerprint density at radius 1 is 1.17 bits per heavy atom. The van der Waals surface area contributed by atoms with Crippen LogP contribution in [0.1, 0.15) is 45.4 Å². The molecule has 1 aliphatic carbocycles. The summed E-state index contributed by atoms with van der Waals surface area (Å²) in [5, 5.41) is 3.44. The van der Waals surface area contributed by atoms with Gasteiger partial charge >= 0.3 is 0 Å². The van der Waals surface area contributed by atoms with Gasteiger partial charge in [0.1, 0.15) is 0 Å². The first-order chi connectivity index (χ1) is 11.7. The Hall–Kier alpha value is -1.30. The molecule has 6 heteroatoms. The third-order valence-corrected chi connectivity index (χ3v) is 5.52. The molecule has 2 unspecified atom stereocenters. The molecule has 2 heterocycles. The second-order valence-corrected chi connectivity index (χ2v) is 7.70. The highest BCUT2D eigenvalue weighted by Crippen LogP contribution is 2.31. The van der Waals surface area contributed by atoms with Gasteiger partial charge in [-0.2, -0.15) is 0 Å². The van der Waals surface area contributed by atoms with Crippen LogP contribution in [0.2, 0.25) is 0 Å². The highest BCUT2D eigenvalue weighted by Gasteiger charge is 2.34. The van der Waals surface area contributed by atoms with E-state index in [1.54, 1.807) is 0 Å². The van der Waals surface area contributed by atoms with Crippen molar-refractivity contribution >= 4 is 11.9 Å². The first kappa shape index (κ1) is 17.5. The minimum atomic E-state index is -0.185. The molecule has 0 bridgehead atoms. The van der Waals surface area contributed by atoms with Crippen molar-refractivity contribution in [3.63, 3.8) is 0 Å². The normalized spacial score (nSPS) is 29.0.